The van der Waals surface area contributed by atoms with Crippen molar-refractivity contribution in [3.05, 3.63) is 108 Å². The first-order valence-electron chi connectivity index (χ1n) is 9.59. The lowest BCUT2D eigenvalue weighted by Gasteiger charge is -2.13. The van der Waals surface area contributed by atoms with Crippen molar-refractivity contribution in [2.75, 3.05) is 13.7 Å². The molecule has 0 aliphatic rings. The van der Waals surface area contributed by atoms with E-state index in [0.717, 1.165) is 41.3 Å². The molecule has 0 aliphatic heterocycles. The first-order chi connectivity index (χ1) is 14.2. The number of allylic oxidation sites excluding steroid dienone is 1. The third-order valence-electron chi connectivity index (χ3n) is 4.41. The van der Waals surface area contributed by atoms with Gasteiger partial charge >= 0.3 is 0 Å². The van der Waals surface area contributed by atoms with Gasteiger partial charge in [-0.3, -0.25) is 4.98 Å². The minimum Gasteiger partial charge on any atom is -0.493 e. The van der Waals surface area contributed by atoms with E-state index in [-0.39, 0.29) is 0 Å². The molecule has 0 spiro atoms. The molecule has 0 radical (unpaired) electrons. The molecule has 1 aromatic heterocycles. The second-order valence-electron chi connectivity index (χ2n) is 6.58. The normalized spacial score (nSPS) is 10.7. The molecule has 0 unspecified atom stereocenters. The van der Waals surface area contributed by atoms with E-state index in [2.05, 4.69) is 22.9 Å². The molecule has 0 aliphatic carbocycles. The summed E-state index contributed by atoms with van der Waals surface area (Å²) in [5.74, 6) is 1.49. The molecule has 148 valence electrons. The zero-order chi connectivity index (χ0) is 20.3. The predicted octanol–water partition coefficient (Wildman–Crippen LogP) is 5.03. The third-order valence-corrected chi connectivity index (χ3v) is 4.41. The van der Waals surface area contributed by atoms with Crippen molar-refractivity contribution < 1.29 is 9.47 Å². The lowest BCUT2D eigenvalue weighted by molar-refractivity contribution is 0.284. The fraction of sp³-hybridized carbons (Fsp3) is 0.160. The molecule has 0 atom stereocenters. The van der Waals surface area contributed by atoms with E-state index in [9.17, 15) is 0 Å². The number of rotatable bonds is 10. The fourth-order valence-electron chi connectivity index (χ4n) is 2.82. The summed E-state index contributed by atoms with van der Waals surface area (Å²) in [5.41, 5.74) is 4.26. The number of pyridine rings is 1. The first-order valence-corrected chi connectivity index (χ1v) is 9.59. The van der Waals surface area contributed by atoms with Crippen molar-refractivity contribution in [2.45, 2.75) is 13.0 Å². The van der Waals surface area contributed by atoms with Crippen LogP contribution in [0.1, 0.15) is 16.7 Å². The molecular weight excluding hydrogens is 360 g/mol. The monoisotopic (exact) mass is 386 g/mol. The quantitative estimate of drug-likeness (QED) is 0.497. The van der Waals surface area contributed by atoms with Crippen LogP contribution < -0.4 is 14.8 Å². The van der Waals surface area contributed by atoms with Gasteiger partial charge in [-0.1, -0.05) is 49.1 Å². The van der Waals surface area contributed by atoms with E-state index in [0.29, 0.717) is 6.61 Å². The molecule has 0 bridgehead atoms. The molecule has 1 heterocycles. The maximum absolute atomic E-state index is 5.99. The van der Waals surface area contributed by atoms with Crippen molar-refractivity contribution in [1.82, 2.24) is 10.3 Å². The van der Waals surface area contributed by atoms with Gasteiger partial charge in [-0.05, 0) is 53.5 Å². The Morgan fingerprint density at radius 3 is 2.55 bits per heavy atom. The van der Waals surface area contributed by atoms with Crippen LogP contribution in [0, 0.1) is 0 Å². The molecule has 0 saturated heterocycles. The van der Waals surface area contributed by atoms with E-state index < -0.39 is 0 Å². The Hall–Kier alpha value is -3.53. The maximum atomic E-state index is 5.99. The van der Waals surface area contributed by atoms with Crippen LogP contribution in [0.3, 0.4) is 0 Å². The van der Waals surface area contributed by atoms with Gasteiger partial charge in [-0.15, -0.1) is 0 Å². The lowest BCUT2D eigenvalue weighted by Crippen LogP contribution is -2.14. The average Bonchev–Trinajstić information content (AvgIpc) is 2.78. The van der Waals surface area contributed by atoms with E-state index in [1.54, 1.807) is 19.5 Å². The van der Waals surface area contributed by atoms with E-state index >= 15 is 0 Å². The Bertz CT molecular complexity index is 938. The van der Waals surface area contributed by atoms with Gasteiger partial charge in [0.2, 0.25) is 0 Å². The third kappa shape index (κ3) is 6.54. The average molecular weight is 386 g/mol. The summed E-state index contributed by atoms with van der Waals surface area (Å²) >= 11 is 0. The Morgan fingerprint density at radius 1 is 1.00 bits per heavy atom. The highest BCUT2D eigenvalue weighted by atomic mass is 16.5. The van der Waals surface area contributed by atoms with Crippen LogP contribution in [-0.2, 0) is 13.0 Å². The van der Waals surface area contributed by atoms with E-state index in [1.807, 2.05) is 66.7 Å². The Balaban J connectivity index is 1.52. The SMILES string of the molecule is C=C(/C=C/c1ccncc1)NCCc1ccc(OC)c(OCc2ccccc2)c1. The molecule has 3 rings (SSSR count). The topological polar surface area (TPSA) is 43.4 Å². The number of hydrogen-bond acceptors (Lipinski definition) is 4. The molecule has 4 nitrogen and oxygen atoms in total. The molecule has 0 amide bonds. The fourth-order valence-corrected chi connectivity index (χ4v) is 2.82. The van der Waals surface area contributed by atoms with Gasteiger partial charge in [-0.25, -0.2) is 0 Å². The number of aromatic nitrogens is 1. The van der Waals surface area contributed by atoms with Gasteiger partial charge in [-0.2, -0.15) is 0 Å². The summed E-state index contributed by atoms with van der Waals surface area (Å²) in [7, 11) is 1.66. The van der Waals surface area contributed by atoms with Crippen LogP contribution in [0.25, 0.3) is 6.08 Å². The van der Waals surface area contributed by atoms with Crippen LogP contribution in [0.5, 0.6) is 11.5 Å². The Labute approximate surface area is 172 Å². The number of ether oxygens (including phenoxy) is 2. The molecule has 29 heavy (non-hydrogen) atoms. The summed E-state index contributed by atoms with van der Waals surface area (Å²) in [6, 6.07) is 20.1. The van der Waals surface area contributed by atoms with Gasteiger partial charge in [0.05, 0.1) is 7.11 Å². The van der Waals surface area contributed by atoms with Crippen molar-refractivity contribution in [2.24, 2.45) is 0 Å². The van der Waals surface area contributed by atoms with Crippen molar-refractivity contribution in [3.8, 4) is 11.5 Å². The molecule has 0 saturated carbocycles. The minimum absolute atomic E-state index is 0.509. The van der Waals surface area contributed by atoms with Gasteiger partial charge in [0.1, 0.15) is 6.61 Å². The van der Waals surface area contributed by atoms with Crippen LogP contribution in [0.4, 0.5) is 0 Å². The van der Waals surface area contributed by atoms with E-state index in [1.165, 1.54) is 5.56 Å². The maximum Gasteiger partial charge on any atom is 0.161 e. The van der Waals surface area contributed by atoms with Crippen molar-refractivity contribution in [3.63, 3.8) is 0 Å². The Kier molecular flexibility index (Phi) is 7.47. The summed E-state index contributed by atoms with van der Waals surface area (Å²) < 4.78 is 11.4. The highest BCUT2D eigenvalue weighted by Gasteiger charge is 2.06. The lowest BCUT2D eigenvalue weighted by atomic mass is 10.1. The number of methoxy groups -OCH3 is 1. The largest absolute Gasteiger partial charge is 0.493 e. The van der Waals surface area contributed by atoms with Gasteiger partial charge in [0.25, 0.3) is 0 Å². The number of hydrogen-bond donors (Lipinski definition) is 1. The van der Waals surface area contributed by atoms with Gasteiger partial charge in [0.15, 0.2) is 11.5 Å². The zero-order valence-corrected chi connectivity index (χ0v) is 16.7. The van der Waals surface area contributed by atoms with Crippen molar-refractivity contribution >= 4 is 6.08 Å². The summed E-state index contributed by atoms with van der Waals surface area (Å²) in [6.45, 7) is 5.34. The summed E-state index contributed by atoms with van der Waals surface area (Å²) in [6.07, 6.45) is 8.39. The summed E-state index contributed by atoms with van der Waals surface area (Å²) in [4.78, 5) is 4.01. The van der Waals surface area contributed by atoms with Crippen LogP contribution in [-0.4, -0.2) is 18.6 Å². The van der Waals surface area contributed by atoms with Crippen LogP contribution >= 0.6 is 0 Å². The Morgan fingerprint density at radius 2 is 1.79 bits per heavy atom. The molecule has 0 fully saturated rings. The first kappa shape index (κ1) is 20.2. The predicted molar refractivity (Wildman–Crippen MR) is 118 cm³/mol. The molecule has 1 N–H and O–H groups in total. The molecule has 4 heteroatoms. The second kappa shape index (κ2) is 10.7. The molecular formula is C25H26N2O2. The summed E-state index contributed by atoms with van der Waals surface area (Å²) in [5, 5.41) is 3.34. The number of benzene rings is 2. The minimum atomic E-state index is 0.509. The highest BCUT2D eigenvalue weighted by Crippen LogP contribution is 2.29. The van der Waals surface area contributed by atoms with Crippen LogP contribution in [0.15, 0.2) is 91.4 Å². The number of nitrogens with one attached hydrogen (secondary N) is 1. The van der Waals surface area contributed by atoms with Gasteiger partial charge in [0, 0.05) is 24.6 Å². The van der Waals surface area contributed by atoms with E-state index in [4.69, 9.17) is 9.47 Å². The van der Waals surface area contributed by atoms with Gasteiger partial charge < -0.3 is 14.8 Å². The van der Waals surface area contributed by atoms with Crippen LogP contribution in [0.2, 0.25) is 0 Å². The standard InChI is InChI=1S/C25H26N2O2/c1-20(8-9-21-12-15-26-16-13-21)27-17-14-22-10-11-24(28-2)25(18-22)29-19-23-6-4-3-5-7-23/h3-13,15-16,18,27H,1,14,17,19H2,2H3/b9-8+. The highest BCUT2D eigenvalue weighted by molar-refractivity contribution is 5.51. The second-order valence-corrected chi connectivity index (χ2v) is 6.58. The zero-order valence-electron chi connectivity index (χ0n) is 16.7. The molecule has 2 aromatic carbocycles. The smallest absolute Gasteiger partial charge is 0.161 e. The number of nitrogens with zero attached hydrogens (tertiary/aromatic N) is 1. The van der Waals surface area contributed by atoms with Crippen molar-refractivity contribution in [1.29, 1.82) is 0 Å². The molecule has 3 aromatic rings.